The molecule has 1 aromatic carbocycles. The molecule has 2 N–H and O–H groups in total. The predicted octanol–water partition coefficient (Wildman–Crippen LogP) is 3.36. The van der Waals surface area contributed by atoms with Crippen LogP contribution in [0.25, 0.3) is 0 Å². The standard InChI is InChI=1S/C16H20ClN5S.HI/c1-12-10-13(2-3-14(12)17)11-20-15(18)21-5-7-22(8-6-21)16-19-4-9-23-16;/h2-4,9-10H,5-8,11H2,1H3,(H2,18,20);1H. The molecular weight excluding hydrogens is 457 g/mol. The second-order valence-electron chi connectivity index (χ2n) is 5.55. The third kappa shape index (κ3) is 4.73. The van der Waals surface area contributed by atoms with E-state index in [4.69, 9.17) is 17.3 Å². The molecule has 130 valence electrons. The number of nitrogens with two attached hydrogens (primary N) is 1. The van der Waals surface area contributed by atoms with E-state index in [2.05, 4.69) is 25.8 Å². The van der Waals surface area contributed by atoms with Gasteiger partial charge in [-0.2, -0.15) is 0 Å². The number of guanidine groups is 1. The van der Waals surface area contributed by atoms with Gasteiger partial charge in [-0.25, -0.2) is 9.98 Å². The van der Waals surface area contributed by atoms with Gasteiger partial charge in [0.1, 0.15) is 0 Å². The Balaban J connectivity index is 0.00000208. The van der Waals surface area contributed by atoms with E-state index >= 15 is 0 Å². The summed E-state index contributed by atoms with van der Waals surface area (Å²) in [4.78, 5) is 13.3. The van der Waals surface area contributed by atoms with Gasteiger partial charge < -0.3 is 15.5 Å². The number of aromatic nitrogens is 1. The number of anilines is 1. The maximum atomic E-state index is 6.15. The maximum Gasteiger partial charge on any atom is 0.191 e. The highest BCUT2D eigenvalue weighted by molar-refractivity contribution is 14.0. The topological polar surface area (TPSA) is 57.8 Å². The molecule has 1 saturated heterocycles. The fourth-order valence-corrected chi connectivity index (χ4v) is 3.39. The third-order valence-electron chi connectivity index (χ3n) is 3.94. The van der Waals surface area contributed by atoms with Gasteiger partial charge in [-0.1, -0.05) is 23.7 Å². The van der Waals surface area contributed by atoms with E-state index < -0.39 is 0 Å². The van der Waals surface area contributed by atoms with Crippen LogP contribution in [0.15, 0.2) is 34.8 Å². The highest BCUT2D eigenvalue weighted by Crippen LogP contribution is 2.19. The van der Waals surface area contributed by atoms with Gasteiger partial charge in [-0.15, -0.1) is 35.3 Å². The third-order valence-corrected chi connectivity index (χ3v) is 5.20. The number of benzene rings is 1. The van der Waals surface area contributed by atoms with E-state index in [9.17, 15) is 0 Å². The van der Waals surface area contributed by atoms with E-state index in [1.165, 1.54) is 0 Å². The van der Waals surface area contributed by atoms with Crippen LogP contribution in [0.4, 0.5) is 5.13 Å². The van der Waals surface area contributed by atoms with E-state index in [-0.39, 0.29) is 24.0 Å². The smallest absolute Gasteiger partial charge is 0.191 e. The summed E-state index contributed by atoms with van der Waals surface area (Å²) >= 11 is 7.72. The summed E-state index contributed by atoms with van der Waals surface area (Å²) in [6.45, 7) is 6.16. The van der Waals surface area contributed by atoms with Crippen LogP contribution in [0.3, 0.4) is 0 Å². The molecule has 0 aliphatic carbocycles. The Hall–Kier alpha value is -1.06. The largest absolute Gasteiger partial charge is 0.370 e. The van der Waals surface area contributed by atoms with E-state index in [0.717, 1.165) is 47.5 Å². The zero-order valence-electron chi connectivity index (χ0n) is 13.5. The minimum Gasteiger partial charge on any atom is -0.370 e. The van der Waals surface area contributed by atoms with Gasteiger partial charge in [0, 0.05) is 42.8 Å². The lowest BCUT2D eigenvalue weighted by Gasteiger charge is -2.35. The molecule has 1 aliphatic heterocycles. The molecule has 0 radical (unpaired) electrons. The number of aliphatic imine (C=N–C) groups is 1. The van der Waals surface area contributed by atoms with E-state index in [0.29, 0.717) is 12.5 Å². The molecule has 1 aliphatic rings. The molecule has 0 atom stereocenters. The van der Waals surface area contributed by atoms with Crippen molar-refractivity contribution in [3.8, 4) is 0 Å². The van der Waals surface area contributed by atoms with Gasteiger partial charge in [0.15, 0.2) is 11.1 Å². The minimum absolute atomic E-state index is 0. The van der Waals surface area contributed by atoms with Gasteiger partial charge in [0.05, 0.1) is 6.54 Å². The van der Waals surface area contributed by atoms with Crippen molar-refractivity contribution in [2.45, 2.75) is 13.5 Å². The first-order valence-electron chi connectivity index (χ1n) is 7.58. The summed E-state index contributed by atoms with van der Waals surface area (Å²) in [5.74, 6) is 0.608. The van der Waals surface area contributed by atoms with Crippen LogP contribution < -0.4 is 10.6 Å². The number of halogens is 2. The van der Waals surface area contributed by atoms with Crippen molar-refractivity contribution >= 4 is 58.0 Å². The van der Waals surface area contributed by atoms with Crippen LogP contribution >= 0.6 is 46.9 Å². The number of nitrogens with zero attached hydrogens (tertiary/aromatic N) is 4. The van der Waals surface area contributed by atoms with Crippen LogP contribution in [0.2, 0.25) is 5.02 Å². The van der Waals surface area contributed by atoms with Crippen molar-refractivity contribution in [3.05, 3.63) is 45.9 Å². The number of hydrogen-bond acceptors (Lipinski definition) is 4. The Morgan fingerprint density at radius 3 is 2.71 bits per heavy atom. The number of thiazole rings is 1. The normalized spacial score (nSPS) is 15.3. The molecular formula is C16H21ClIN5S. The lowest BCUT2D eigenvalue weighted by atomic mass is 10.1. The molecule has 5 nitrogen and oxygen atoms in total. The quantitative estimate of drug-likeness (QED) is 0.418. The van der Waals surface area contributed by atoms with Crippen LogP contribution in [-0.4, -0.2) is 42.0 Å². The number of hydrogen-bond donors (Lipinski definition) is 1. The van der Waals surface area contributed by atoms with Crippen LogP contribution in [0, 0.1) is 6.92 Å². The Bertz CT molecular complexity index is 684. The van der Waals surface area contributed by atoms with Crippen molar-refractivity contribution in [2.75, 3.05) is 31.1 Å². The van der Waals surface area contributed by atoms with E-state index in [1.807, 2.05) is 30.6 Å². The molecule has 0 unspecified atom stereocenters. The van der Waals surface area contributed by atoms with Gasteiger partial charge in [-0.3, -0.25) is 0 Å². The molecule has 2 heterocycles. The molecule has 2 aromatic rings. The van der Waals surface area contributed by atoms with Gasteiger partial charge in [0.25, 0.3) is 0 Å². The monoisotopic (exact) mass is 477 g/mol. The fraction of sp³-hybridized carbons (Fsp3) is 0.375. The zero-order chi connectivity index (χ0) is 16.2. The number of rotatable bonds is 3. The lowest BCUT2D eigenvalue weighted by Crippen LogP contribution is -2.51. The highest BCUT2D eigenvalue weighted by atomic mass is 127. The zero-order valence-corrected chi connectivity index (χ0v) is 17.4. The van der Waals surface area contributed by atoms with Crippen molar-refractivity contribution < 1.29 is 0 Å². The van der Waals surface area contributed by atoms with Crippen LogP contribution in [0.1, 0.15) is 11.1 Å². The number of piperazine rings is 1. The van der Waals surface area contributed by atoms with E-state index in [1.54, 1.807) is 11.3 Å². The second kappa shape index (κ2) is 8.87. The van der Waals surface area contributed by atoms with Crippen molar-refractivity contribution in [3.63, 3.8) is 0 Å². The first-order valence-corrected chi connectivity index (χ1v) is 8.83. The average molecular weight is 478 g/mol. The Kier molecular flexibility index (Phi) is 7.12. The van der Waals surface area contributed by atoms with Crippen molar-refractivity contribution in [1.82, 2.24) is 9.88 Å². The lowest BCUT2D eigenvalue weighted by molar-refractivity contribution is 0.380. The Morgan fingerprint density at radius 1 is 1.33 bits per heavy atom. The van der Waals surface area contributed by atoms with Gasteiger partial charge in [-0.05, 0) is 24.1 Å². The first kappa shape index (κ1) is 19.3. The summed E-state index contributed by atoms with van der Waals surface area (Å²) in [6.07, 6.45) is 1.84. The maximum absolute atomic E-state index is 6.15. The molecule has 3 rings (SSSR count). The Morgan fingerprint density at radius 2 is 2.08 bits per heavy atom. The predicted molar refractivity (Wildman–Crippen MR) is 113 cm³/mol. The first-order chi connectivity index (χ1) is 11.1. The van der Waals surface area contributed by atoms with Crippen LogP contribution in [-0.2, 0) is 6.54 Å². The minimum atomic E-state index is 0. The Labute approximate surface area is 168 Å². The number of aryl methyl sites for hydroxylation is 1. The fourth-order valence-electron chi connectivity index (χ4n) is 2.58. The highest BCUT2D eigenvalue weighted by Gasteiger charge is 2.19. The SMILES string of the molecule is Cc1cc(CN=C(N)N2CCN(c3nccs3)CC2)ccc1Cl.I. The second-order valence-corrected chi connectivity index (χ2v) is 6.83. The molecule has 1 fully saturated rings. The summed E-state index contributed by atoms with van der Waals surface area (Å²) in [7, 11) is 0. The molecule has 24 heavy (non-hydrogen) atoms. The molecule has 0 saturated carbocycles. The summed E-state index contributed by atoms with van der Waals surface area (Å²) < 4.78 is 0. The van der Waals surface area contributed by atoms with Gasteiger partial charge >= 0.3 is 0 Å². The van der Waals surface area contributed by atoms with Crippen molar-refractivity contribution in [2.24, 2.45) is 10.7 Å². The average Bonchev–Trinajstić information content (AvgIpc) is 3.10. The molecule has 0 amide bonds. The van der Waals surface area contributed by atoms with Gasteiger partial charge in [0.2, 0.25) is 0 Å². The summed E-state index contributed by atoms with van der Waals surface area (Å²) in [5.41, 5.74) is 8.33. The molecule has 0 spiro atoms. The summed E-state index contributed by atoms with van der Waals surface area (Å²) in [5, 5.41) is 3.87. The molecule has 0 bridgehead atoms. The molecule has 1 aromatic heterocycles. The van der Waals surface area contributed by atoms with Crippen LogP contribution in [0.5, 0.6) is 0 Å². The summed E-state index contributed by atoms with van der Waals surface area (Å²) in [6, 6.07) is 5.96. The van der Waals surface area contributed by atoms with Crippen molar-refractivity contribution in [1.29, 1.82) is 0 Å². The molecule has 8 heteroatoms.